The Balaban J connectivity index is 1.52. The standard InChI is InChI=1S/C33H25N3O4/c1-19-15-16-20(2)25(17-19)34-18-33-23-11-5-3-9-21(23)28(22-10-4-6-12-24(22)33)29-30(33)32(38)35(31(29)37)26-13-7-8-14-27(26)36(39)40/h3-18,28-30H,1-2H3/t28?,29-,30+,33?/m1/s1. The van der Waals surface area contributed by atoms with Gasteiger partial charge in [0.05, 0.1) is 27.9 Å². The quantitative estimate of drug-likeness (QED) is 0.137. The Hall–Kier alpha value is -4.91. The fraction of sp³-hybridized carbons (Fsp3) is 0.182. The van der Waals surface area contributed by atoms with Gasteiger partial charge in [-0.25, -0.2) is 4.90 Å². The first kappa shape index (κ1) is 24.2. The van der Waals surface area contributed by atoms with Gasteiger partial charge < -0.3 is 0 Å². The summed E-state index contributed by atoms with van der Waals surface area (Å²) in [6, 6.07) is 27.9. The number of imide groups is 1. The Labute approximate surface area is 231 Å². The summed E-state index contributed by atoms with van der Waals surface area (Å²) in [5.41, 5.74) is 5.41. The number of hydrogen-bond acceptors (Lipinski definition) is 5. The zero-order valence-corrected chi connectivity index (χ0v) is 21.9. The Morgan fingerprint density at radius 3 is 2.15 bits per heavy atom. The molecule has 0 unspecified atom stereocenters. The number of amides is 2. The number of carbonyl (C=O) groups excluding carboxylic acids is 2. The molecule has 0 radical (unpaired) electrons. The molecule has 0 N–H and O–H groups in total. The molecule has 196 valence electrons. The van der Waals surface area contributed by atoms with Crippen molar-refractivity contribution in [3.63, 3.8) is 0 Å². The van der Waals surface area contributed by atoms with Crippen molar-refractivity contribution in [3.05, 3.63) is 134 Å². The number of nitro groups is 1. The molecule has 1 aliphatic heterocycles. The van der Waals surface area contributed by atoms with Gasteiger partial charge in [-0.05, 0) is 59.4 Å². The molecule has 1 fully saturated rings. The molecule has 4 aliphatic rings. The first-order valence-electron chi connectivity index (χ1n) is 13.3. The molecule has 2 bridgehead atoms. The number of hydrogen-bond donors (Lipinski definition) is 0. The van der Waals surface area contributed by atoms with E-state index in [2.05, 4.69) is 0 Å². The molecule has 0 spiro atoms. The van der Waals surface area contributed by atoms with E-state index in [9.17, 15) is 19.7 Å². The van der Waals surface area contributed by atoms with Crippen LogP contribution in [0.4, 0.5) is 17.1 Å². The van der Waals surface area contributed by atoms with Crippen molar-refractivity contribution in [2.75, 3.05) is 4.90 Å². The van der Waals surface area contributed by atoms with E-state index in [0.29, 0.717) is 0 Å². The summed E-state index contributed by atoms with van der Waals surface area (Å²) in [6.07, 6.45) is 1.85. The van der Waals surface area contributed by atoms with Crippen LogP contribution in [0.1, 0.15) is 39.3 Å². The number of carbonyl (C=O) groups is 2. The van der Waals surface area contributed by atoms with Gasteiger partial charge in [-0.1, -0.05) is 72.8 Å². The molecule has 40 heavy (non-hydrogen) atoms. The summed E-state index contributed by atoms with van der Waals surface area (Å²) in [6.45, 7) is 4.00. The number of anilines is 1. The van der Waals surface area contributed by atoms with Gasteiger partial charge in [-0.15, -0.1) is 0 Å². The van der Waals surface area contributed by atoms with E-state index in [1.54, 1.807) is 6.07 Å². The minimum absolute atomic E-state index is 0.00558. The first-order chi connectivity index (χ1) is 19.3. The highest BCUT2D eigenvalue weighted by atomic mass is 16.6. The molecule has 1 heterocycles. The molecular weight excluding hydrogens is 502 g/mol. The van der Waals surface area contributed by atoms with E-state index in [0.717, 1.165) is 44.0 Å². The van der Waals surface area contributed by atoms with Gasteiger partial charge >= 0.3 is 0 Å². The highest BCUT2D eigenvalue weighted by Gasteiger charge is 2.68. The van der Waals surface area contributed by atoms with Crippen LogP contribution in [0.25, 0.3) is 0 Å². The molecular formula is C33H25N3O4. The summed E-state index contributed by atoms with van der Waals surface area (Å²) < 4.78 is 0. The molecule has 2 atom stereocenters. The fourth-order valence-corrected chi connectivity index (χ4v) is 7.12. The van der Waals surface area contributed by atoms with Crippen molar-refractivity contribution in [2.24, 2.45) is 16.8 Å². The maximum atomic E-state index is 14.5. The van der Waals surface area contributed by atoms with E-state index >= 15 is 0 Å². The molecule has 1 saturated heterocycles. The number of aryl methyl sites for hydroxylation is 2. The smallest absolute Gasteiger partial charge is 0.274 e. The van der Waals surface area contributed by atoms with Gasteiger partial charge in [0.25, 0.3) is 5.69 Å². The highest BCUT2D eigenvalue weighted by molar-refractivity contribution is 6.25. The highest BCUT2D eigenvalue weighted by Crippen LogP contribution is 2.64. The molecule has 7 heteroatoms. The third-order valence-electron chi connectivity index (χ3n) is 8.78. The Kier molecular flexibility index (Phi) is 5.16. The number of aliphatic imine (C=N–C) groups is 1. The van der Waals surface area contributed by atoms with Crippen molar-refractivity contribution in [2.45, 2.75) is 25.2 Å². The zero-order valence-electron chi connectivity index (χ0n) is 21.9. The Morgan fingerprint density at radius 2 is 1.48 bits per heavy atom. The van der Waals surface area contributed by atoms with Gasteiger partial charge in [0.1, 0.15) is 5.69 Å². The van der Waals surface area contributed by atoms with Crippen LogP contribution in [-0.4, -0.2) is 23.0 Å². The van der Waals surface area contributed by atoms with Gasteiger partial charge in [-0.2, -0.15) is 0 Å². The maximum absolute atomic E-state index is 14.5. The molecule has 3 aliphatic carbocycles. The second kappa shape index (κ2) is 8.55. The molecule has 2 amide bonds. The van der Waals surface area contributed by atoms with Gasteiger partial charge in [0.2, 0.25) is 11.8 Å². The summed E-state index contributed by atoms with van der Waals surface area (Å²) in [5, 5.41) is 11.9. The largest absolute Gasteiger partial charge is 0.293 e. The van der Waals surface area contributed by atoms with E-state index in [1.807, 2.05) is 86.8 Å². The Bertz CT molecular complexity index is 1740. The second-order valence-electron chi connectivity index (χ2n) is 10.8. The maximum Gasteiger partial charge on any atom is 0.293 e. The van der Waals surface area contributed by atoms with Crippen LogP contribution in [0.2, 0.25) is 0 Å². The van der Waals surface area contributed by atoms with Gasteiger partial charge in [0, 0.05) is 18.2 Å². The third-order valence-corrected chi connectivity index (χ3v) is 8.78. The van der Waals surface area contributed by atoms with E-state index in [4.69, 9.17) is 4.99 Å². The molecule has 4 aromatic carbocycles. The summed E-state index contributed by atoms with van der Waals surface area (Å²) in [4.78, 5) is 46.2. The summed E-state index contributed by atoms with van der Waals surface area (Å²) in [7, 11) is 0. The molecule has 7 nitrogen and oxygen atoms in total. The Morgan fingerprint density at radius 1 is 0.850 bits per heavy atom. The predicted octanol–water partition coefficient (Wildman–Crippen LogP) is 6.16. The van der Waals surface area contributed by atoms with Crippen molar-refractivity contribution < 1.29 is 14.5 Å². The molecule has 4 aromatic rings. The number of rotatable bonds is 4. The normalized spacial score (nSPS) is 24.2. The number of nitro benzene ring substituents is 1. The lowest BCUT2D eigenvalue weighted by molar-refractivity contribution is -0.384. The van der Waals surface area contributed by atoms with Crippen molar-refractivity contribution in [1.82, 2.24) is 0 Å². The van der Waals surface area contributed by atoms with Gasteiger partial charge in [0.15, 0.2) is 0 Å². The van der Waals surface area contributed by atoms with E-state index in [1.165, 1.54) is 18.2 Å². The van der Waals surface area contributed by atoms with E-state index < -0.39 is 34.0 Å². The first-order valence-corrected chi connectivity index (χ1v) is 13.3. The monoisotopic (exact) mass is 527 g/mol. The van der Waals surface area contributed by atoms with Crippen LogP contribution in [0, 0.1) is 35.8 Å². The van der Waals surface area contributed by atoms with E-state index in [-0.39, 0.29) is 17.3 Å². The lowest BCUT2D eigenvalue weighted by Gasteiger charge is -2.52. The minimum atomic E-state index is -1.03. The van der Waals surface area contributed by atoms with Crippen LogP contribution in [0.15, 0.2) is 96.0 Å². The van der Waals surface area contributed by atoms with Crippen molar-refractivity contribution in [1.29, 1.82) is 0 Å². The average Bonchev–Trinajstić information content (AvgIpc) is 3.24. The fourth-order valence-electron chi connectivity index (χ4n) is 7.12. The zero-order chi connectivity index (χ0) is 27.8. The van der Waals surface area contributed by atoms with Crippen LogP contribution >= 0.6 is 0 Å². The van der Waals surface area contributed by atoms with Crippen LogP contribution in [-0.2, 0) is 15.0 Å². The SMILES string of the molecule is Cc1ccc(C)c(N=CC23c4ccccc4C(c4ccccc42)[C@H]2C(=O)N(c4ccccc4[N+](=O)[O-])C(=O)[C@H]23)c1. The molecule has 0 saturated carbocycles. The number of nitrogens with zero attached hydrogens (tertiary/aromatic N) is 3. The van der Waals surface area contributed by atoms with Crippen LogP contribution < -0.4 is 4.90 Å². The third kappa shape index (κ3) is 3.09. The van der Waals surface area contributed by atoms with Crippen LogP contribution in [0.5, 0.6) is 0 Å². The van der Waals surface area contributed by atoms with Crippen molar-refractivity contribution >= 4 is 35.1 Å². The lowest BCUT2D eigenvalue weighted by Crippen LogP contribution is -2.54. The van der Waals surface area contributed by atoms with Gasteiger partial charge in [-0.3, -0.25) is 24.7 Å². The average molecular weight is 528 g/mol. The number of para-hydroxylation sites is 2. The lowest BCUT2D eigenvalue weighted by atomic mass is 9.47. The molecule has 8 rings (SSSR count). The van der Waals surface area contributed by atoms with Crippen molar-refractivity contribution in [3.8, 4) is 0 Å². The predicted molar refractivity (Wildman–Crippen MR) is 152 cm³/mol. The van der Waals surface area contributed by atoms with Crippen LogP contribution in [0.3, 0.4) is 0 Å². The molecule has 0 aromatic heterocycles. The summed E-state index contributed by atoms with van der Waals surface area (Å²) >= 11 is 0. The topological polar surface area (TPSA) is 92.9 Å². The number of benzene rings is 4. The summed E-state index contributed by atoms with van der Waals surface area (Å²) in [5.74, 6) is -2.73. The minimum Gasteiger partial charge on any atom is -0.274 e. The second-order valence-corrected chi connectivity index (χ2v) is 10.8.